The summed E-state index contributed by atoms with van der Waals surface area (Å²) in [5.74, 6) is 0.728. The van der Waals surface area contributed by atoms with Gasteiger partial charge in [0.1, 0.15) is 5.75 Å². The second-order valence-electron chi connectivity index (χ2n) is 7.44. The maximum absolute atomic E-state index is 13.6. The van der Waals surface area contributed by atoms with Gasteiger partial charge < -0.3 is 9.47 Å². The van der Waals surface area contributed by atoms with Crippen molar-refractivity contribution in [3.8, 4) is 5.75 Å². The summed E-state index contributed by atoms with van der Waals surface area (Å²) in [6, 6.07) is 19.7. The highest BCUT2D eigenvalue weighted by Crippen LogP contribution is 2.33. The number of rotatable bonds is 5. The fourth-order valence-corrected chi connectivity index (χ4v) is 4.85. The first-order valence-electron chi connectivity index (χ1n) is 10.1. The third kappa shape index (κ3) is 3.64. The van der Waals surface area contributed by atoms with E-state index in [9.17, 15) is 4.79 Å². The van der Waals surface area contributed by atoms with E-state index in [4.69, 9.17) is 14.5 Å². The number of nitrogens with zero attached hydrogens (tertiary/aromatic N) is 2. The lowest BCUT2D eigenvalue weighted by Gasteiger charge is -2.23. The molecular formula is C24H22N2O3S. The van der Waals surface area contributed by atoms with Gasteiger partial charge in [-0.2, -0.15) is 0 Å². The Labute approximate surface area is 178 Å². The van der Waals surface area contributed by atoms with Crippen LogP contribution in [0.5, 0.6) is 5.75 Å². The Bertz CT molecular complexity index is 1210. The zero-order chi connectivity index (χ0) is 20.5. The number of anilines is 1. The van der Waals surface area contributed by atoms with Gasteiger partial charge in [-0.3, -0.25) is 9.69 Å². The Morgan fingerprint density at radius 1 is 1.17 bits per heavy atom. The number of ether oxygens (including phenoxy) is 2. The summed E-state index contributed by atoms with van der Waals surface area (Å²) in [6.07, 6.45) is 2.02. The molecule has 1 saturated heterocycles. The van der Waals surface area contributed by atoms with Crippen LogP contribution < -0.4 is 9.64 Å². The summed E-state index contributed by atoms with van der Waals surface area (Å²) in [5.41, 5.74) is 1.52. The van der Waals surface area contributed by atoms with E-state index in [0.717, 1.165) is 46.2 Å². The van der Waals surface area contributed by atoms with Crippen LogP contribution in [-0.4, -0.2) is 37.3 Å². The van der Waals surface area contributed by atoms with Crippen molar-refractivity contribution < 1.29 is 14.3 Å². The van der Waals surface area contributed by atoms with Crippen molar-refractivity contribution in [3.05, 3.63) is 66.2 Å². The molecule has 152 valence electrons. The van der Waals surface area contributed by atoms with Gasteiger partial charge in [-0.15, -0.1) is 0 Å². The quantitative estimate of drug-likeness (QED) is 0.442. The molecule has 0 saturated carbocycles. The molecule has 1 amide bonds. The van der Waals surface area contributed by atoms with Crippen LogP contribution >= 0.6 is 11.3 Å². The number of aromatic nitrogens is 1. The van der Waals surface area contributed by atoms with Crippen molar-refractivity contribution in [1.82, 2.24) is 4.98 Å². The Balaban J connectivity index is 1.54. The second kappa shape index (κ2) is 8.05. The lowest BCUT2D eigenvalue weighted by molar-refractivity contribution is 0.0917. The highest BCUT2D eigenvalue weighted by Gasteiger charge is 2.27. The molecule has 1 fully saturated rings. The Morgan fingerprint density at radius 3 is 2.83 bits per heavy atom. The number of thiazole rings is 1. The number of amides is 1. The number of carbonyl (C=O) groups excluding carboxylic acids is 1. The van der Waals surface area contributed by atoms with Gasteiger partial charge in [0, 0.05) is 12.2 Å². The predicted molar refractivity (Wildman–Crippen MR) is 121 cm³/mol. The standard InChI is InChI=1S/C24H22N2O3S/c1-28-19-10-11-21-22(14-19)30-24(25-21)26(15-20-7-4-12-29-20)23(27)18-9-8-16-5-2-3-6-17(16)13-18/h2-3,5-6,8-11,13-14,20H,4,7,12,15H2,1H3. The Kier molecular flexibility index (Phi) is 5.11. The van der Waals surface area contributed by atoms with Crippen molar-refractivity contribution in [2.75, 3.05) is 25.2 Å². The summed E-state index contributed by atoms with van der Waals surface area (Å²) >= 11 is 1.50. The predicted octanol–water partition coefficient (Wildman–Crippen LogP) is 5.28. The van der Waals surface area contributed by atoms with E-state index in [0.29, 0.717) is 17.2 Å². The summed E-state index contributed by atoms with van der Waals surface area (Å²) in [4.78, 5) is 20.1. The van der Waals surface area contributed by atoms with E-state index in [1.807, 2.05) is 54.6 Å². The van der Waals surface area contributed by atoms with E-state index in [2.05, 4.69) is 6.07 Å². The fourth-order valence-electron chi connectivity index (χ4n) is 3.85. The zero-order valence-electron chi connectivity index (χ0n) is 16.7. The lowest BCUT2D eigenvalue weighted by Crippen LogP contribution is -2.37. The van der Waals surface area contributed by atoms with Crippen molar-refractivity contribution in [1.29, 1.82) is 0 Å². The van der Waals surface area contributed by atoms with Crippen molar-refractivity contribution in [2.24, 2.45) is 0 Å². The van der Waals surface area contributed by atoms with Crippen molar-refractivity contribution in [3.63, 3.8) is 0 Å². The van der Waals surface area contributed by atoms with Crippen LogP contribution in [0.1, 0.15) is 23.2 Å². The lowest BCUT2D eigenvalue weighted by atomic mass is 10.1. The Morgan fingerprint density at radius 2 is 2.03 bits per heavy atom. The minimum atomic E-state index is -0.0534. The second-order valence-corrected chi connectivity index (χ2v) is 8.45. The van der Waals surface area contributed by atoms with Gasteiger partial charge in [0.25, 0.3) is 5.91 Å². The minimum absolute atomic E-state index is 0.0379. The average Bonchev–Trinajstić information content (AvgIpc) is 3.45. The molecule has 4 aromatic rings. The molecule has 1 aromatic heterocycles. The molecular weight excluding hydrogens is 396 g/mol. The minimum Gasteiger partial charge on any atom is -0.497 e. The molecule has 0 radical (unpaired) electrons. The molecule has 3 aromatic carbocycles. The maximum atomic E-state index is 13.6. The largest absolute Gasteiger partial charge is 0.497 e. The topological polar surface area (TPSA) is 51.7 Å². The molecule has 1 unspecified atom stereocenters. The van der Waals surface area contributed by atoms with Gasteiger partial charge in [0.2, 0.25) is 0 Å². The highest BCUT2D eigenvalue weighted by molar-refractivity contribution is 7.22. The molecule has 5 rings (SSSR count). The smallest absolute Gasteiger partial charge is 0.260 e. The van der Waals surface area contributed by atoms with Crippen LogP contribution in [0, 0.1) is 0 Å². The number of fused-ring (bicyclic) bond motifs is 2. The summed E-state index contributed by atoms with van der Waals surface area (Å²) in [7, 11) is 1.65. The van der Waals surface area contributed by atoms with E-state index in [1.165, 1.54) is 11.3 Å². The number of hydrogen-bond acceptors (Lipinski definition) is 5. The summed E-state index contributed by atoms with van der Waals surface area (Å²) in [6.45, 7) is 1.25. The molecule has 1 aliphatic rings. The first kappa shape index (κ1) is 19.0. The van der Waals surface area contributed by atoms with Gasteiger partial charge in [0.05, 0.1) is 30.0 Å². The van der Waals surface area contributed by atoms with Crippen LogP contribution in [0.25, 0.3) is 21.0 Å². The SMILES string of the molecule is COc1ccc2nc(N(CC3CCCO3)C(=O)c3ccc4ccccc4c3)sc2c1. The van der Waals surface area contributed by atoms with Gasteiger partial charge in [-0.25, -0.2) is 4.98 Å². The van der Waals surface area contributed by atoms with Crippen LogP contribution in [0.4, 0.5) is 5.13 Å². The van der Waals surface area contributed by atoms with Crippen molar-refractivity contribution in [2.45, 2.75) is 18.9 Å². The molecule has 30 heavy (non-hydrogen) atoms. The number of hydrogen-bond donors (Lipinski definition) is 0. The number of methoxy groups -OCH3 is 1. The monoisotopic (exact) mass is 418 g/mol. The molecule has 1 atom stereocenters. The molecule has 0 N–H and O–H groups in total. The van der Waals surface area contributed by atoms with Gasteiger partial charge in [-0.05, 0) is 53.9 Å². The molecule has 0 bridgehead atoms. The molecule has 6 heteroatoms. The van der Waals surface area contributed by atoms with Crippen LogP contribution in [0.15, 0.2) is 60.7 Å². The third-order valence-electron chi connectivity index (χ3n) is 5.47. The number of carbonyl (C=O) groups is 1. The van der Waals surface area contributed by atoms with Crippen LogP contribution in [-0.2, 0) is 4.74 Å². The van der Waals surface area contributed by atoms with E-state index in [-0.39, 0.29) is 12.0 Å². The number of benzene rings is 3. The van der Waals surface area contributed by atoms with Gasteiger partial charge in [0.15, 0.2) is 5.13 Å². The van der Waals surface area contributed by atoms with Gasteiger partial charge in [-0.1, -0.05) is 41.7 Å². The summed E-state index contributed by atoms with van der Waals surface area (Å²) in [5, 5.41) is 2.85. The fraction of sp³-hybridized carbons (Fsp3) is 0.250. The average molecular weight is 419 g/mol. The summed E-state index contributed by atoms with van der Waals surface area (Å²) < 4.78 is 12.2. The third-order valence-corrected chi connectivity index (χ3v) is 6.51. The van der Waals surface area contributed by atoms with Crippen molar-refractivity contribution >= 4 is 43.4 Å². The molecule has 0 spiro atoms. The highest BCUT2D eigenvalue weighted by atomic mass is 32.1. The zero-order valence-corrected chi connectivity index (χ0v) is 17.5. The first-order chi connectivity index (χ1) is 14.7. The molecule has 5 nitrogen and oxygen atoms in total. The van der Waals surface area contributed by atoms with Gasteiger partial charge >= 0.3 is 0 Å². The van der Waals surface area contributed by atoms with E-state index >= 15 is 0 Å². The first-order valence-corrected chi connectivity index (χ1v) is 10.9. The molecule has 2 heterocycles. The van der Waals surface area contributed by atoms with Crippen LogP contribution in [0.2, 0.25) is 0 Å². The van der Waals surface area contributed by atoms with E-state index < -0.39 is 0 Å². The molecule has 1 aliphatic heterocycles. The van der Waals surface area contributed by atoms with Crippen LogP contribution in [0.3, 0.4) is 0 Å². The Hall–Kier alpha value is -2.96. The maximum Gasteiger partial charge on any atom is 0.260 e. The molecule has 0 aliphatic carbocycles. The normalized spacial score (nSPS) is 16.2. The van der Waals surface area contributed by atoms with E-state index in [1.54, 1.807) is 12.0 Å².